The van der Waals surface area contributed by atoms with Crippen LogP contribution < -0.4 is 0 Å². The van der Waals surface area contributed by atoms with Gasteiger partial charge in [-0.05, 0) is 35.0 Å². The third kappa shape index (κ3) is 2.79. The average molecular weight is 292 g/mol. The van der Waals surface area contributed by atoms with Gasteiger partial charge in [0.25, 0.3) is 0 Å². The first kappa shape index (κ1) is 12.2. The molecule has 3 nitrogen and oxygen atoms in total. The fourth-order valence-electron chi connectivity index (χ4n) is 1.11. The number of esters is 1. The standard InChI is InChI=1S/C10H8BrClO3/c1-2-15-10(14)9-6(5-13)3-7(12)4-8(9)11/h3-5H,2H2,1H3. The molecule has 0 spiro atoms. The second kappa shape index (κ2) is 5.28. The molecule has 0 unspecified atom stereocenters. The first-order valence-corrected chi connectivity index (χ1v) is 5.38. The van der Waals surface area contributed by atoms with Crippen molar-refractivity contribution in [3.8, 4) is 0 Å². The smallest absolute Gasteiger partial charge is 0.340 e. The van der Waals surface area contributed by atoms with Crippen molar-refractivity contribution in [2.24, 2.45) is 0 Å². The largest absolute Gasteiger partial charge is 0.462 e. The Morgan fingerprint density at radius 1 is 1.60 bits per heavy atom. The van der Waals surface area contributed by atoms with Crippen LogP contribution in [0.1, 0.15) is 27.6 Å². The minimum Gasteiger partial charge on any atom is -0.462 e. The van der Waals surface area contributed by atoms with E-state index < -0.39 is 5.97 Å². The molecule has 0 aromatic heterocycles. The maximum Gasteiger partial charge on any atom is 0.340 e. The van der Waals surface area contributed by atoms with Gasteiger partial charge in [-0.2, -0.15) is 0 Å². The zero-order chi connectivity index (χ0) is 11.4. The lowest BCUT2D eigenvalue weighted by atomic mass is 10.1. The number of rotatable bonds is 3. The van der Waals surface area contributed by atoms with Gasteiger partial charge in [-0.1, -0.05) is 11.6 Å². The molecule has 0 bridgehead atoms. The Labute approximate surface area is 100 Å². The summed E-state index contributed by atoms with van der Waals surface area (Å²) in [5.74, 6) is -0.539. The van der Waals surface area contributed by atoms with E-state index in [0.29, 0.717) is 15.8 Å². The van der Waals surface area contributed by atoms with E-state index in [4.69, 9.17) is 16.3 Å². The van der Waals surface area contributed by atoms with Gasteiger partial charge in [0.05, 0.1) is 12.2 Å². The second-order valence-electron chi connectivity index (χ2n) is 2.69. The minimum absolute atomic E-state index is 0.205. The fourth-order valence-corrected chi connectivity index (χ4v) is 2.10. The normalized spacial score (nSPS) is 9.80. The molecular formula is C10H8BrClO3. The van der Waals surface area contributed by atoms with E-state index >= 15 is 0 Å². The van der Waals surface area contributed by atoms with Gasteiger partial charge in [-0.25, -0.2) is 4.79 Å². The molecule has 1 aromatic rings. The van der Waals surface area contributed by atoms with E-state index in [0.717, 1.165) is 0 Å². The molecule has 0 saturated heterocycles. The van der Waals surface area contributed by atoms with Crippen molar-refractivity contribution in [1.82, 2.24) is 0 Å². The van der Waals surface area contributed by atoms with Crippen LogP contribution in [-0.4, -0.2) is 18.9 Å². The van der Waals surface area contributed by atoms with Crippen LogP contribution in [0.4, 0.5) is 0 Å². The third-order valence-corrected chi connectivity index (χ3v) is 2.54. The predicted octanol–water partition coefficient (Wildman–Crippen LogP) is 3.09. The van der Waals surface area contributed by atoms with E-state index in [-0.39, 0.29) is 17.7 Å². The highest BCUT2D eigenvalue weighted by Crippen LogP contribution is 2.25. The van der Waals surface area contributed by atoms with Gasteiger partial charge in [0.2, 0.25) is 0 Å². The molecule has 0 heterocycles. The molecule has 0 aliphatic carbocycles. The van der Waals surface area contributed by atoms with Gasteiger partial charge in [0.15, 0.2) is 6.29 Å². The number of aldehydes is 1. The summed E-state index contributed by atoms with van der Waals surface area (Å²) in [6.07, 6.45) is 0.572. The quantitative estimate of drug-likeness (QED) is 0.635. The first-order chi connectivity index (χ1) is 7.10. The first-order valence-electron chi connectivity index (χ1n) is 4.21. The molecule has 15 heavy (non-hydrogen) atoms. The van der Waals surface area contributed by atoms with Gasteiger partial charge in [0.1, 0.15) is 0 Å². The van der Waals surface area contributed by atoms with Crippen molar-refractivity contribution < 1.29 is 14.3 Å². The SMILES string of the molecule is CCOC(=O)c1c(Br)cc(Cl)cc1C=O. The van der Waals surface area contributed by atoms with E-state index in [9.17, 15) is 9.59 Å². The van der Waals surface area contributed by atoms with Crippen LogP contribution in [0.25, 0.3) is 0 Å². The maximum atomic E-state index is 11.5. The summed E-state index contributed by atoms with van der Waals surface area (Å²) in [7, 11) is 0. The molecule has 0 aliphatic rings. The molecule has 1 rings (SSSR count). The van der Waals surface area contributed by atoms with Crippen LogP contribution in [0.2, 0.25) is 5.02 Å². The van der Waals surface area contributed by atoms with Gasteiger partial charge < -0.3 is 4.74 Å². The Bertz CT molecular complexity index is 404. The van der Waals surface area contributed by atoms with E-state index in [1.54, 1.807) is 13.0 Å². The second-order valence-corrected chi connectivity index (χ2v) is 3.98. The summed E-state index contributed by atoms with van der Waals surface area (Å²) in [4.78, 5) is 22.3. The summed E-state index contributed by atoms with van der Waals surface area (Å²) >= 11 is 8.91. The number of hydrogen-bond acceptors (Lipinski definition) is 3. The lowest BCUT2D eigenvalue weighted by Crippen LogP contribution is -2.09. The van der Waals surface area contributed by atoms with Crippen molar-refractivity contribution in [1.29, 1.82) is 0 Å². The van der Waals surface area contributed by atoms with Gasteiger partial charge >= 0.3 is 5.97 Å². The Morgan fingerprint density at radius 2 is 2.27 bits per heavy atom. The monoisotopic (exact) mass is 290 g/mol. The number of ether oxygens (including phenoxy) is 1. The molecule has 0 atom stereocenters. The Hall–Kier alpha value is -0.870. The molecule has 0 N–H and O–H groups in total. The molecule has 0 aliphatic heterocycles. The van der Waals surface area contributed by atoms with Crippen molar-refractivity contribution in [3.63, 3.8) is 0 Å². The number of benzene rings is 1. The van der Waals surface area contributed by atoms with Crippen LogP contribution in [0, 0.1) is 0 Å². The number of carbonyl (C=O) groups excluding carboxylic acids is 2. The number of carbonyl (C=O) groups is 2. The van der Waals surface area contributed by atoms with E-state index in [1.807, 2.05) is 0 Å². The summed E-state index contributed by atoms with van der Waals surface area (Å²) in [5.41, 5.74) is 0.420. The maximum absolute atomic E-state index is 11.5. The molecule has 0 fully saturated rings. The van der Waals surface area contributed by atoms with Crippen LogP contribution in [0.3, 0.4) is 0 Å². The van der Waals surface area contributed by atoms with Crippen molar-refractivity contribution in [2.75, 3.05) is 6.61 Å². The summed E-state index contributed by atoms with van der Waals surface area (Å²) in [6, 6.07) is 2.96. The zero-order valence-corrected chi connectivity index (χ0v) is 10.3. The topological polar surface area (TPSA) is 43.4 Å². The number of halogens is 2. The van der Waals surface area contributed by atoms with Crippen LogP contribution in [-0.2, 0) is 4.74 Å². The van der Waals surface area contributed by atoms with Gasteiger partial charge in [-0.15, -0.1) is 0 Å². The minimum atomic E-state index is -0.539. The summed E-state index contributed by atoms with van der Waals surface area (Å²) in [5, 5.41) is 0.386. The van der Waals surface area contributed by atoms with Crippen LogP contribution >= 0.6 is 27.5 Å². The van der Waals surface area contributed by atoms with Crippen molar-refractivity contribution >= 4 is 39.8 Å². The Kier molecular flexibility index (Phi) is 4.29. The van der Waals surface area contributed by atoms with Gasteiger partial charge in [0, 0.05) is 15.1 Å². The van der Waals surface area contributed by atoms with Crippen LogP contribution in [0.15, 0.2) is 16.6 Å². The fraction of sp³-hybridized carbons (Fsp3) is 0.200. The summed E-state index contributed by atoms with van der Waals surface area (Å²) in [6.45, 7) is 1.95. The lowest BCUT2D eigenvalue weighted by molar-refractivity contribution is 0.0523. The molecular weight excluding hydrogens is 283 g/mol. The average Bonchev–Trinajstić information content (AvgIpc) is 2.16. The third-order valence-electron chi connectivity index (χ3n) is 1.69. The molecule has 80 valence electrons. The lowest BCUT2D eigenvalue weighted by Gasteiger charge is -2.07. The molecule has 0 saturated carbocycles. The molecule has 0 amide bonds. The predicted molar refractivity (Wildman–Crippen MR) is 60.5 cm³/mol. The Balaban J connectivity index is 3.26. The molecule has 0 radical (unpaired) electrons. The van der Waals surface area contributed by atoms with Crippen molar-refractivity contribution in [2.45, 2.75) is 6.92 Å². The molecule has 1 aromatic carbocycles. The van der Waals surface area contributed by atoms with Crippen molar-refractivity contribution in [3.05, 3.63) is 32.8 Å². The van der Waals surface area contributed by atoms with Crippen LogP contribution in [0.5, 0.6) is 0 Å². The zero-order valence-electron chi connectivity index (χ0n) is 7.92. The number of hydrogen-bond donors (Lipinski definition) is 0. The van der Waals surface area contributed by atoms with Gasteiger partial charge in [-0.3, -0.25) is 4.79 Å². The van der Waals surface area contributed by atoms with E-state index in [2.05, 4.69) is 15.9 Å². The summed E-state index contributed by atoms with van der Waals surface area (Å²) < 4.78 is 5.27. The highest BCUT2D eigenvalue weighted by Gasteiger charge is 2.17. The highest BCUT2D eigenvalue weighted by molar-refractivity contribution is 9.10. The molecule has 5 heteroatoms. The van der Waals surface area contributed by atoms with E-state index in [1.165, 1.54) is 6.07 Å². The highest BCUT2D eigenvalue weighted by atomic mass is 79.9. The Morgan fingerprint density at radius 3 is 2.80 bits per heavy atom.